The number of nitrogens with one attached hydrogen (secondary N) is 1. The van der Waals surface area contributed by atoms with Gasteiger partial charge in [0.25, 0.3) is 0 Å². The first-order valence-electron chi connectivity index (χ1n) is 7.51. The summed E-state index contributed by atoms with van der Waals surface area (Å²) in [6, 6.07) is 4.42. The van der Waals surface area contributed by atoms with Crippen LogP contribution < -0.4 is 5.32 Å². The van der Waals surface area contributed by atoms with E-state index in [0.29, 0.717) is 19.5 Å². The summed E-state index contributed by atoms with van der Waals surface area (Å²) in [5.74, 6) is -1.14. The molecule has 0 bridgehead atoms. The summed E-state index contributed by atoms with van der Waals surface area (Å²) in [7, 11) is 0. The molecule has 22 heavy (non-hydrogen) atoms. The number of halogens is 1. The first-order valence-corrected chi connectivity index (χ1v) is 7.51. The van der Waals surface area contributed by atoms with Crippen LogP contribution in [0.3, 0.4) is 0 Å². The van der Waals surface area contributed by atoms with E-state index in [1.165, 1.54) is 12.1 Å². The van der Waals surface area contributed by atoms with Gasteiger partial charge in [0, 0.05) is 19.5 Å². The second-order valence-corrected chi connectivity index (χ2v) is 5.58. The highest BCUT2D eigenvalue weighted by Crippen LogP contribution is 2.33. The Morgan fingerprint density at radius 2 is 2.23 bits per heavy atom. The van der Waals surface area contributed by atoms with Crippen LogP contribution in [-0.2, 0) is 4.79 Å². The van der Waals surface area contributed by atoms with Gasteiger partial charge in [-0.3, -0.25) is 4.79 Å². The number of likely N-dealkylation sites (tertiary alicyclic amines) is 1. The third-order valence-corrected chi connectivity index (χ3v) is 3.95. The number of rotatable bonds is 5. The Morgan fingerprint density at radius 3 is 2.91 bits per heavy atom. The number of carbonyl (C=O) groups is 2. The van der Waals surface area contributed by atoms with Crippen LogP contribution in [0.1, 0.15) is 42.9 Å². The number of benzene rings is 1. The molecule has 0 aromatic heterocycles. The molecule has 2 N–H and O–H groups in total. The molecule has 6 heteroatoms. The maximum atomic E-state index is 13.2. The summed E-state index contributed by atoms with van der Waals surface area (Å²) in [6.07, 6.45) is 2.22. The van der Waals surface area contributed by atoms with Gasteiger partial charge in [0.05, 0.1) is 6.04 Å². The van der Waals surface area contributed by atoms with Gasteiger partial charge in [-0.05, 0) is 49.4 Å². The molecule has 5 nitrogen and oxygen atoms in total. The maximum absolute atomic E-state index is 13.2. The van der Waals surface area contributed by atoms with Crippen molar-refractivity contribution in [2.75, 3.05) is 13.1 Å². The van der Waals surface area contributed by atoms with Gasteiger partial charge in [0.15, 0.2) is 0 Å². The van der Waals surface area contributed by atoms with E-state index in [1.54, 1.807) is 11.0 Å². The zero-order valence-corrected chi connectivity index (χ0v) is 12.6. The molecule has 2 amide bonds. The zero-order chi connectivity index (χ0) is 16.1. The lowest BCUT2D eigenvalue weighted by atomic mass is 9.99. The molecule has 0 saturated carbocycles. The van der Waals surface area contributed by atoms with Crippen molar-refractivity contribution in [1.82, 2.24) is 10.2 Å². The van der Waals surface area contributed by atoms with Gasteiger partial charge in [-0.15, -0.1) is 0 Å². The van der Waals surface area contributed by atoms with E-state index < -0.39 is 5.97 Å². The molecule has 1 fully saturated rings. The van der Waals surface area contributed by atoms with Gasteiger partial charge in [0.1, 0.15) is 5.82 Å². The Morgan fingerprint density at radius 1 is 1.45 bits per heavy atom. The number of carbonyl (C=O) groups excluding carboxylic acids is 1. The molecular formula is C16H21FN2O3. The van der Waals surface area contributed by atoms with Crippen LogP contribution in [0, 0.1) is 12.7 Å². The second-order valence-electron chi connectivity index (χ2n) is 5.58. The minimum atomic E-state index is -0.866. The van der Waals surface area contributed by atoms with Gasteiger partial charge in [-0.1, -0.05) is 6.07 Å². The minimum Gasteiger partial charge on any atom is -0.481 e. The van der Waals surface area contributed by atoms with Crippen LogP contribution in [0.25, 0.3) is 0 Å². The molecule has 1 unspecified atom stereocenters. The second kappa shape index (κ2) is 7.24. The highest BCUT2D eigenvalue weighted by atomic mass is 19.1. The summed E-state index contributed by atoms with van der Waals surface area (Å²) in [5, 5.41) is 11.3. The molecular weight excluding hydrogens is 287 g/mol. The lowest BCUT2D eigenvalue weighted by Gasteiger charge is -2.26. The Labute approximate surface area is 129 Å². The van der Waals surface area contributed by atoms with Crippen LogP contribution in [-0.4, -0.2) is 35.1 Å². The average Bonchev–Trinajstić information content (AvgIpc) is 2.92. The maximum Gasteiger partial charge on any atom is 0.317 e. The first kappa shape index (κ1) is 16.3. The minimum absolute atomic E-state index is 0.0416. The number of amides is 2. The predicted octanol–water partition coefficient (Wildman–Crippen LogP) is 2.85. The fraction of sp³-hybridized carbons (Fsp3) is 0.500. The highest BCUT2D eigenvalue weighted by molar-refractivity contribution is 5.75. The van der Waals surface area contributed by atoms with Crippen molar-refractivity contribution in [3.63, 3.8) is 0 Å². The summed E-state index contributed by atoms with van der Waals surface area (Å²) < 4.78 is 13.2. The number of aryl methyl sites for hydroxylation is 1. The highest BCUT2D eigenvalue weighted by Gasteiger charge is 2.30. The predicted molar refractivity (Wildman–Crippen MR) is 80.1 cm³/mol. The van der Waals surface area contributed by atoms with Gasteiger partial charge in [-0.25, -0.2) is 9.18 Å². The summed E-state index contributed by atoms with van der Waals surface area (Å²) in [6.45, 7) is 2.85. The van der Waals surface area contributed by atoms with E-state index in [9.17, 15) is 14.0 Å². The van der Waals surface area contributed by atoms with Crippen molar-refractivity contribution in [3.8, 4) is 0 Å². The largest absolute Gasteiger partial charge is 0.481 e. The molecule has 1 atom stereocenters. The lowest BCUT2D eigenvalue weighted by molar-refractivity contribution is -0.137. The molecule has 1 saturated heterocycles. The molecule has 1 aliphatic rings. The fourth-order valence-electron chi connectivity index (χ4n) is 2.88. The van der Waals surface area contributed by atoms with E-state index in [2.05, 4.69) is 5.32 Å². The van der Waals surface area contributed by atoms with Gasteiger partial charge >= 0.3 is 12.0 Å². The Bertz CT molecular complexity index is 562. The van der Waals surface area contributed by atoms with Crippen LogP contribution in [0.4, 0.5) is 9.18 Å². The average molecular weight is 308 g/mol. The molecule has 0 spiro atoms. The number of aliphatic carboxylic acids is 1. The van der Waals surface area contributed by atoms with Crippen LogP contribution in [0.15, 0.2) is 18.2 Å². The normalized spacial score (nSPS) is 17.5. The van der Waals surface area contributed by atoms with Crippen molar-refractivity contribution >= 4 is 12.0 Å². The third-order valence-electron chi connectivity index (χ3n) is 3.95. The third kappa shape index (κ3) is 3.96. The van der Waals surface area contributed by atoms with Gasteiger partial charge in [-0.2, -0.15) is 0 Å². The quantitative estimate of drug-likeness (QED) is 0.822. The number of urea groups is 1. The Balaban J connectivity index is 1.97. The number of hydrogen-bond donors (Lipinski definition) is 2. The summed E-state index contributed by atoms with van der Waals surface area (Å²) in [4.78, 5) is 24.4. The summed E-state index contributed by atoms with van der Waals surface area (Å²) in [5.41, 5.74) is 1.81. The fourth-order valence-corrected chi connectivity index (χ4v) is 2.88. The van der Waals surface area contributed by atoms with E-state index in [1.807, 2.05) is 6.92 Å². The number of carboxylic acids is 1. The monoisotopic (exact) mass is 308 g/mol. The first-order chi connectivity index (χ1) is 10.5. The molecule has 0 radical (unpaired) electrons. The molecule has 2 rings (SSSR count). The number of hydrogen-bond acceptors (Lipinski definition) is 2. The van der Waals surface area contributed by atoms with E-state index in [-0.39, 0.29) is 24.3 Å². The molecule has 1 aliphatic heterocycles. The van der Waals surface area contributed by atoms with Crippen LogP contribution >= 0.6 is 0 Å². The molecule has 0 aliphatic carbocycles. The van der Waals surface area contributed by atoms with Crippen LogP contribution in [0.2, 0.25) is 0 Å². The van der Waals surface area contributed by atoms with Gasteiger partial charge in [0.2, 0.25) is 0 Å². The van der Waals surface area contributed by atoms with E-state index in [0.717, 1.165) is 24.0 Å². The van der Waals surface area contributed by atoms with E-state index in [4.69, 9.17) is 5.11 Å². The lowest BCUT2D eigenvalue weighted by Crippen LogP contribution is -2.40. The zero-order valence-electron chi connectivity index (χ0n) is 12.6. The summed E-state index contributed by atoms with van der Waals surface area (Å²) >= 11 is 0. The number of nitrogens with zero attached hydrogens (tertiary/aromatic N) is 1. The van der Waals surface area contributed by atoms with Crippen molar-refractivity contribution in [2.24, 2.45) is 0 Å². The van der Waals surface area contributed by atoms with Gasteiger partial charge < -0.3 is 15.3 Å². The SMILES string of the molecule is Cc1cc(F)ccc1C1CCCN1C(=O)NCCCC(=O)O. The molecule has 1 heterocycles. The standard InChI is InChI=1S/C16H21FN2O3/c1-11-10-12(17)6-7-13(11)14-4-3-9-19(14)16(22)18-8-2-5-15(20)21/h6-7,10,14H,2-5,8-9H2,1H3,(H,18,22)(H,20,21). The number of carboxylic acid groups (broad SMARTS) is 1. The van der Waals surface area contributed by atoms with Crippen molar-refractivity contribution in [2.45, 2.75) is 38.6 Å². The van der Waals surface area contributed by atoms with Crippen molar-refractivity contribution in [3.05, 3.63) is 35.1 Å². The van der Waals surface area contributed by atoms with Crippen LogP contribution in [0.5, 0.6) is 0 Å². The molecule has 1 aromatic carbocycles. The van der Waals surface area contributed by atoms with E-state index >= 15 is 0 Å². The topological polar surface area (TPSA) is 69.6 Å². The smallest absolute Gasteiger partial charge is 0.317 e. The van der Waals surface area contributed by atoms with Crippen molar-refractivity contribution < 1.29 is 19.1 Å². The molecule has 1 aromatic rings. The van der Waals surface area contributed by atoms with Crippen molar-refractivity contribution in [1.29, 1.82) is 0 Å². The Kier molecular flexibility index (Phi) is 5.35. The molecule has 120 valence electrons. The Hall–Kier alpha value is -2.11.